The highest BCUT2D eigenvalue weighted by molar-refractivity contribution is 5.96. The number of aryl methyl sites for hydroxylation is 1. The maximum absolute atomic E-state index is 12.9. The summed E-state index contributed by atoms with van der Waals surface area (Å²) >= 11 is 0. The summed E-state index contributed by atoms with van der Waals surface area (Å²) in [7, 11) is 1.37. The number of benzene rings is 2. The van der Waals surface area contributed by atoms with Gasteiger partial charge in [0, 0.05) is 57.0 Å². The van der Waals surface area contributed by atoms with Gasteiger partial charge in [0.25, 0.3) is 5.91 Å². The predicted octanol–water partition coefficient (Wildman–Crippen LogP) is 3.58. The van der Waals surface area contributed by atoms with Crippen LogP contribution >= 0.6 is 0 Å². The van der Waals surface area contributed by atoms with E-state index in [1.54, 1.807) is 11.1 Å². The van der Waals surface area contributed by atoms with Crippen molar-refractivity contribution in [1.29, 1.82) is 0 Å². The van der Waals surface area contributed by atoms with Crippen molar-refractivity contribution in [3.63, 3.8) is 0 Å². The lowest BCUT2D eigenvalue weighted by molar-refractivity contribution is -0.156. The number of fused-ring (bicyclic) bond motifs is 1. The predicted molar refractivity (Wildman–Crippen MR) is 159 cm³/mol. The van der Waals surface area contributed by atoms with Crippen LogP contribution in [0.25, 0.3) is 10.9 Å². The van der Waals surface area contributed by atoms with E-state index in [0.717, 1.165) is 60.4 Å². The van der Waals surface area contributed by atoms with Gasteiger partial charge >= 0.3 is 5.97 Å². The quantitative estimate of drug-likeness (QED) is 0.322. The number of likely N-dealkylation sites (tertiary alicyclic amines) is 1. The molecule has 218 valence electrons. The van der Waals surface area contributed by atoms with Crippen LogP contribution in [0.15, 0.2) is 67.0 Å². The fraction of sp³-hybridized carbons (Fsp3) is 0.375. The Bertz CT molecular complexity index is 1540. The van der Waals surface area contributed by atoms with E-state index in [-0.39, 0.29) is 30.4 Å². The summed E-state index contributed by atoms with van der Waals surface area (Å²) in [6.07, 6.45) is 4.62. The largest absolute Gasteiger partial charge is 0.481 e. The van der Waals surface area contributed by atoms with Crippen molar-refractivity contribution in [2.75, 3.05) is 57.9 Å². The monoisotopic (exact) mass is 568 g/mol. The van der Waals surface area contributed by atoms with Gasteiger partial charge < -0.3 is 19.3 Å². The van der Waals surface area contributed by atoms with Crippen LogP contribution in [0.2, 0.25) is 0 Å². The Labute approximate surface area is 245 Å². The van der Waals surface area contributed by atoms with Crippen molar-refractivity contribution >= 4 is 28.5 Å². The molecule has 42 heavy (non-hydrogen) atoms. The van der Waals surface area contributed by atoms with Gasteiger partial charge in [-0.05, 0) is 42.7 Å². The van der Waals surface area contributed by atoms with Crippen LogP contribution in [-0.2, 0) is 14.3 Å². The highest BCUT2D eigenvalue weighted by Crippen LogP contribution is 2.40. The van der Waals surface area contributed by atoms with Crippen LogP contribution in [0, 0.1) is 12.8 Å². The molecule has 6 rings (SSSR count). The zero-order chi connectivity index (χ0) is 29.1. The number of rotatable bonds is 8. The van der Waals surface area contributed by atoms with Gasteiger partial charge in [-0.2, -0.15) is 5.10 Å². The zero-order valence-electron chi connectivity index (χ0n) is 24.0. The minimum Gasteiger partial charge on any atom is -0.481 e. The number of H-pyrrole nitrogens is 1. The topological polar surface area (TPSA) is 104 Å². The van der Waals surface area contributed by atoms with Crippen molar-refractivity contribution in [2.45, 2.75) is 19.4 Å². The van der Waals surface area contributed by atoms with Gasteiger partial charge in [0.1, 0.15) is 11.4 Å². The molecule has 2 saturated heterocycles. The molecule has 4 aromatic rings. The number of esters is 1. The van der Waals surface area contributed by atoms with Crippen LogP contribution in [0.4, 0.5) is 5.69 Å². The molecule has 2 aliphatic heterocycles. The average Bonchev–Trinajstić information content (AvgIpc) is 3.40. The standard InChI is InChI=1S/C32H36N6O4/c1-22-18-24-10-6-12-33-28(24)30(31(22)42-21-27(39)38-19-25(20-38)32(40)41-2)37-15-7-14-36(16-17-37)29(26-11-13-34-35-26)23-8-4-3-5-9-23/h3-6,8-13,18,25,29H,7,14-17,19-21H2,1-2H3,(H,34,35). The maximum atomic E-state index is 12.9. The number of hydrogen-bond acceptors (Lipinski definition) is 8. The Morgan fingerprint density at radius 1 is 1.05 bits per heavy atom. The second-order valence-electron chi connectivity index (χ2n) is 10.9. The number of hydrogen-bond donors (Lipinski definition) is 1. The summed E-state index contributed by atoms with van der Waals surface area (Å²) < 4.78 is 11.1. The molecule has 1 unspecified atom stereocenters. The fourth-order valence-electron chi connectivity index (χ4n) is 6.07. The first-order chi connectivity index (χ1) is 20.5. The number of carbonyl (C=O) groups excluding carboxylic acids is 2. The summed E-state index contributed by atoms with van der Waals surface area (Å²) in [5.41, 5.74) is 4.95. The van der Waals surface area contributed by atoms with E-state index in [9.17, 15) is 9.59 Å². The van der Waals surface area contributed by atoms with Crippen molar-refractivity contribution in [3.05, 3.63) is 83.8 Å². The number of ether oxygens (including phenoxy) is 2. The van der Waals surface area contributed by atoms with Gasteiger partial charge in [-0.25, -0.2) is 0 Å². The lowest BCUT2D eigenvalue weighted by atomic mass is 10.0. The van der Waals surface area contributed by atoms with Crippen molar-refractivity contribution in [1.82, 2.24) is 25.0 Å². The minimum absolute atomic E-state index is 0.0449. The molecule has 10 heteroatoms. The van der Waals surface area contributed by atoms with Crippen LogP contribution in [0.1, 0.15) is 29.3 Å². The van der Waals surface area contributed by atoms with Crippen LogP contribution in [-0.4, -0.2) is 89.8 Å². The summed E-state index contributed by atoms with van der Waals surface area (Å²) in [6.45, 7) is 5.95. The van der Waals surface area contributed by atoms with Gasteiger partial charge in [0.15, 0.2) is 6.61 Å². The lowest BCUT2D eigenvalue weighted by Gasteiger charge is -2.37. The molecule has 0 aliphatic carbocycles. The second kappa shape index (κ2) is 12.2. The second-order valence-corrected chi connectivity index (χ2v) is 10.9. The number of carbonyl (C=O) groups is 2. The van der Waals surface area contributed by atoms with E-state index in [4.69, 9.17) is 14.5 Å². The first-order valence-electron chi connectivity index (χ1n) is 14.4. The van der Waals surface area contributed by atoms with Gasteiger partial charge in [-0.1, -0.05) is 36.4 Å². The van der Waals surface area contributed by atoms with E-state index >= 15 is 0 Å². The Morgan fingerprint density at radius 3 is 2.64 bits per heavy atom. The molecule has 2 aliphatic rings. The van der Waals surface area contributed by atoms with Crippen LogP contribution in [0.3, 0.4) is 0 Å². The molecule has 10 nitrogen and oxygen atoms in total. The van der Waals surface area contributed by atoms with Gasteiger partial charge in [-0.15, -0.1) is 0 Å². The normalized spacial score (nSPS) is 17.0. The molecule has 1 N–H and O–H groups in total. The van der Waals surface area contributed by atoms with Gasteiger partial charge in [-0.3, -0.25) is 24.6 Å². The fourth-order valence-corrected chi connectivity index (χ4v) is 6.07. The Morgan fingerprint density at radius 2 is 1.88 bits per heavy atom. The molecular weight excluding hydrogens is 532 g/mol. The molecule has 0 saturated carbocycles. The zero-order valence-corrected chi connectivity index (χ0v) is 24.0. The SMILES string of the molecule is COC(=O)C1CN(C(=O)COc2c(C)cc3cccnc3c2N2CCCN(C(c3ccccc3)c3cc[nH]n3)CC2)C1. The third-order valence-corrected chi connectivity index (χ3v) is 8.25. The van der Waals surface area contributed by atoms with Crippen molar-refractivity contribution in [3.8, 4) is 5.75 Å². The first kappa shape index (κ1) is 27.7. The smallest absolute Gasteiger partial charge is 0.312 e. The molecule has 1 atom stereocenters. The number of aromatic amines is 1. The summed E-state index contributed by atoms with van der Waals surface area (Å²) in [5.74, 6) is -0.00800. The van der Waals surface area contributed by atoms with E-state index in [2.05, 4.69) is 56.4 Å². The number of nitrogens with zero attached hydrogens (tertiary/aromatic N) is 5. The van der Waals surface area contributed by atoms with E-state index in [1.165, 1.54) is 12.7 Å². The molecule has 2 aromatic heterocycles. The molecular formula is C32H36N6O4. The number of pyridine rings is 1. The highest BCUT2D eigenvalue weighted by Gasteiger charge is 2.37. The number of nitrogens with one attached hydrogen (secondary N) is 1. The Balaban J connectivity index is 1.24. The summed E-state index contributed by atoms with van der Waals surface area (Å²) in [4.78, 5) is 35.9. The average molecular weight is 569 g/mol. The van der Waals surface area contributed by atoms with E-state index in [1.807, 2.05) is 31.3 Å². The molecule has 4 heterocycles. The third-order valence-electron chi connectivity index (χ3n) is 8.25. The minimum atomic E-state index is -0.282. The number of aromatic nitrogens is 3. The number of amides is 1. The molecule has 1 amide bonds. The first-order valence-corrected chi connectivity index (χ1v) is 14.4. The molecule has 0 spiro atoms. The molecule has 2 fully saturated rings. The van der Waals surface area contributed by atoms with Crippen LogP contribution in [0.5, 0.6) is 5.75 Å². The van der Waals surface area contributed by atoms with E-state index in [0.29, 0.717) is 18.8 Å². The van der Waals surface area contributed by atoms with Crippen molar-refractivity contribution < 1.29 is 19.1 Å². The van der Waals surface area contributed by atoms with Crippen LogP contribution < -0.4 is 9.64 Å². The number of methoxy groups -OCH3 is 1. The number of anilines is 1. The summed E-state index contributed by atoms with van der Waals surface area (Å²) in [6, 6.07) is 18.7. The molecule has 2 aromatic carbocycles. The lowest BCUT2D eigenvalue weighted by Crippen LogP contribution is -2.54. The van der Waals surface area contributed by atoms with Gasteiger partial charge in [0.2, 0.25) is 0 Å². The maximum Gasteiger partial charge on any atom is 0.312 e. The van der Waals surface area contributed by atoms with Crippen molar-refractivity contribution in [2.24, 2.45) is 5.92 Å². The highest BCUT2D eigenvalue weighted by atomic mass is 16.5. The summed E-state index contributed by atoms with van der Waals surface area (Å²) in [5, 5.41) is 8.58. The molecule has 0 radical (unpaired) electrons. The molecule has 0 bridgehead atoms. The van der Waals surface area contributed by atoms with E-state index < -0.39 is 0 Å². The Kier molecular flexibility index (Phi) is 8.05. The Hall–Kier alpha value is -4.44. The van der Waals surface area contributed by atoms with Gasteiger partial charge in [0.05, 0.1) is 30.3 Å². The third kappa shape index (κ3) is 5.54.